The van der Waals surface area contributed by atoms with E-state index < -0.39 is 59.7 Å². The van der Waals surface area contributed by atoms with E-state index in [0.717, 1.165) is 10.9 Å². The van der Waals surface area contributed by atoms with Crippen LogP contribution in [0, 0.1) is 17.8 Å². The van der Waals surface area contributed by atoms with Gasteiger partial charge in [0.05, 0.1) is 16.3 Å². The molecule has 1 atom stereocenters. The second-order valence-electron chi connectivity index (χ2n) is 9.78. The Labute approximate surface area is 242 Å². The average Bonchev–Trinajstić information content (AvgIpc) is 3.21. The summed E-state index contributed by atoms with van der Waals surface area (Å²) in [5, 5.41) is 6.46. The number of aryl methyl sites for hydroxylation is 1. The number of pyridine rings is 1. The molecule has 1 saturated carbocycles. The van der Waals surface area contributed by atoms with Gasteiger partial charge >= 0.3 is 19.0 Å². The Morgan fingerprint density at radius 3 is 2.29 bits per heavy atom. The van der Waals surface area contributed by atoms with Gasteiger partial charge in [-0.25, -0.2) is 0 Å². The summed E-state index contributed by atoms with van der Waals surface area (Å²) in [6, 6.07) is 0.536. The SMILES string of the molecule is CCn1nc(C(=O)NCC2CCC(CS(=O)[O-])CC2)c(Cl)c1-c1cnc(CC(C(F)(F)F)C(F)(F)F)cc1OC(F)F. The largest absolute Gasteiger partial charge is 0.772 e. The lowest BCUT2D eigenvalue weighted by Crippen LogP contribution is -2.38. The normalized spacial score (nSPS) is 18.9. The van der Waals surface area contributed by atoms with Crippen molar-refractivity contribution >= 4 is 28.6 Å². The molecule has 18 heteroatoms. The summed E-state index contributed by atoms with van der Waals surface area (Å²) >= 11 is 4.27. The highest BCUT2D eigenvalue weighted by Crippen LogP contribution is 2.43. The zero-order valence-corrected chi connectivity index (χ0v) is 23.5. The molecule has 0 radical (unpaired) electrons. The van der Waals surface area contributed by atoms with Gasteiger partial charge in [-0.05, 0) is 44.4 Å². The first kappa shape index (κ1) is 34.0. The molecule has 2 aromatic heterocycles. The first-order chi connectivity index (χ1) is 19.5. The Balaban J connectivity index is 1.86. The standard InChI is InChI=1S/C24H27ClF8N4O4S/c1-2-37-20(18(25)19(36-37)21(38)35-9-12-3-5-13(6-4-12)11-42(39)40)15-10-34-14(7-16(15)41-22(26)27)8-17(23(28,29)30)24(31,32)33/h7,10,12-13,17,22H,2-6,8-9,11H2,1H3,(H,35,38)(H,39,40)/p-1. The van der Waals surface area contributed by atoms with Gasteiger partial charge in [-0.1, -0.05) is 22.7 Å². The van der Waals surface area contributed by atoms with Crippen molar-refractivity contribution < 1.29 is 53.4 Å². The molecule has 0 aromatic carbocycles. The summed E-state index contributed by atoms with van der Waals surface area (Å²) < 4.78 is 132. The Morgan fingerprint density at radius 1 is 1.17 bits per heavy atom. The van der Waals surface area contributed by atoms with Crippen LogP contribution in [0.1, 0.15) is 48.8 Å². The lowest BCUT2D eigenvalue weighted by atomic mass is 9.83. The maximum absolute atomic E-state index is 13.2. The van der Waals surface area contributed by atoms with Crippen LogP contribution >= 0.6 is 11.6 Å². The minimum absolute atomic E-state index is 0.0352. The van der Waals surface area contributed by atoms with E-state index in [1.165, 1.54) is 0 Å². The highest BCUT2D eigenvalue weighted by Gasteiger charge is 2.56. The van der Waals surface area contributed by atoms with Crippen LogP contribution < -0.4 is 10.1 Å². The van der Waals surface area contributed by atoms with Crippen LogP contribution in [0.15, 0.2) is 12.3 Å². The van der Waals surface area contributed by atoms with E-state index in [0.29, 0.717) is 31.7 Å². The number of amides is 1. The maximum Gasteiger partial charge on any atom is 0.400 e. The van der Waals surface area contributed by atoms with Crippen LogP contribution in [0.5, 0.6) is 5.75 Å². The van der Waals surface area contributed by atoms with Crippen molar-refractivity contribution in [1.82, 2.24) is 20.1 Å². The van der Waals surface area contributed by atoms with Gasteiger partial charge in [0.25, 0.3) is 5.91 Å². The summed E-state index contributed by atoms with van der Waals surface area (Å²) in [5.74, 6) is -5.13. The fraction of sp³-hybridized carbons (Fsp3) is 0.625. The molecule has 1 aliphatic rings. The second-order valence-corrected chi connectivity index (χ2v) is 11.1. The number of carbonyl (C=O) groups is 1. The summed E-state index contributed by atoms with van der Waals surface area (Å²) in [6.07, 6.45) is -9.59. The Bertz CT molecular complexity index is 1250. The summed E-state index contributed by atoms with van der Waals surface area (Å²) in [4.78, 5) is 16.5. The van der Waals surface area contributed by atoms with Gasteiger partial charge in [-0.3, -0.25) is 18.7 Å². The van der Waals surface area contributed by atoms with Gasteiger partial charge in [-0.15, -0.1) is 0 Å². The van der Waals surface area contributed by atoms with E-state index in [-0.39, 0.29) is 52.7 Å². The highest BCUT2D eigenvalue weighted by molar-refractivity contribution is 7.79. The highest BCUT2D eigenvalue weighted by atomic mass is 35.5. The zero-order valence-electron chi connectivity index (χ0n) is 21.9. The zero-order chi connectivity index (χ0) is 31.4. The van der Waals surface area contributed by atoms with E-state index >= 15 is 0 Å². The van der Waals surface area contributed by atoms with Crippen LogP contribution in [0.2, 0.25) is 5.02 Å². The molecule has 0 saturated heterocycles. The predicted octanol–water partition coefficient (Wildman–Crippen LogP) is 5.92. The van der Waals surface area contributed by atoms with Gasteiger partial charge in [0.15, 0.2) is 11.6 Å². The third-order valence-corrected chi connectivity index (χ3v) is 8.00. The molecule has 1 N–H and O–H groups in total. The first-order valence-electron chi connectivity index (χ1n) is 12.7. The Kier molecular flexibility index (Phi) is 11.2. The van der Waals surface area contributed by atoms with Gasteiger partial charge in [0.1, 0.15) is 5.75 Å². The monoisotopic (exact) mass is 653 g/mol. The molecule has 2 heterocycles. The number of nitrogens with zero attached hydrogens (tertiary/aromatic N) is 3. The first-order valence-corrected chi connectivity index (χ1v) is 14.3. The van der Waals surface area contributed by atoms with Gasteiger partial charge in [0, 0.05) is 43.2 Å². The predicted molar refractivity (Wildman–Crippen MR) is 134 cm³/mol. The minimum atomic E-state index is -5.68. The lowest BCUT2D eigenvalue weighted by Gasteiger charge is -2.29. The molecular formula is C24H26ClF8N4O4S-. The van der Waals surface area contributed by atoms with Crippen LogP contribution in [-0.4, -0.2) is 60.7 Å². The molecule has 2 aromatic rings. The van der Waals surface area contributed by atoms with E-state index in [2.05, 4.69) is 20.1 Å². The van der Waals surface area contributed by atoms with E-state index in [1.54, 1.807) is 6.92 Å². The molecule has 1 unspecified atom stereocenters. The van der Waals surface area contributed by atoms with Crippen LogP contribution in [0.25, 0.3) is 11.3 Å². The molecule has 236 valence electrons. The Hall–Kier alpha value is -2.53. The molecule has 8 nitrogen and oxygen atoms in total. The number of alkyl halides is 8. The van der Waals surface area contributed by atoms with E-state index in [9.17, 15) is 48.7 Å². The maximum atomic E-state index is 13.2. The third-order valence-electron chi connectivity index (χ3n) is 6.90. The Morgan fingerprint density at radius 2 is 1.76 bits per heavy atom. The third kappa shape index (κ3) is 8.75. The summed E-state index contributed by atoms with van der Waals surface area (Å²) in [6.45, 7) is -1.68. The fourth-order valence-corrected chi connectivity index (χ4v) is 5.81. The van der Waals surface area contributed by atoms with Crippen molar-refractivity contribution in [3.8, 4) is 17.0 Å². The van der Waals surface area contributed by atoms with Crippen LogP contribution in [0.4, 0.5) is 35.1 Å². The van der Waals surface area contributed by atoms with Gasteiger partial charge in [0.2, 0.25) is 0 Å². The van der Waals surface area contributed by atoms with Crippen molar-refractivity contribution in [3.63, 3.8) is 0 Å². The fourth-order valence-electron chi connectivity index (χ4n) is 4.77. The number of rotatable bonds is 11. The lowest BCUT2D eigenvalue weighted by molar-refractivity contribution is -0.283. The van der Waals surface area contributed by atoms with Crippen molar-refractivity contribution in [2.24, 2.45) is 17.8 Å². The van der Waals surface area contributed by atoms with Crippen molar-refractivity contribution in [3.05, 3.63) is 28.7 Å². The molecule has 3 rings (SSSR count). The number of ether oxygens (including phenoxy) is 1. The molecule has 1 aliphatic carbocycles. The molecule has 0 spiro atoms. The minimum Gasteiger partial charge on any atom is -0.772 e. The average molecular weight is 654 g/mol. The van der Waals surface area contributed by atoms with Crippen molar-refractivity contribution in [2.45, 2.75) is 64.5 Å². The van der Waals surface area contributed by atoms with E-state index in [1.807, 2.05) is 0 Å². The smallest absolute Gasteiger partial charge is 0.400 e. The quantitative estimate of drug-likeness (QED) is 0.238. The number of nitrogens with one attached hydrogen (secondary N) is 1. The van der Waals surface area contributed by atoms with Crippen molar-refractivity contribution in [2.75, 3.05) is 12.3 Å². The van der Waals surface area contributed by atoms with Crippen LogP contribution in [0.3, 0.4) is 0 Å². The number of aromatic nitrogens is 3. The molecular weight excluding hydrogens is 628 g/mol. The summed E-state index contributed by atoms with van der Waals surface area (Å²) in [5.41, 5.74) is -1.61. The topological polar surface area (TPSA) is 109 Å². The van der Waals surface area contributed by atoms with Gasteiger partial charge < -0.3 is 14.6 Å². The van der Waals surface area contributed by atoms with Crippen molar-refractivity contribution in [1.29, 1.82) is 0 Å². The number of carbonyl (C=O) groups excluding carboxylic acids is 1. The number of hydrogen-bond acceptors (Lipinski definition) is 6. The molecule has 1 fully saturated rings. The van der Waals surface area contributed by atoms with Crippen LogP contribution in [-0.2, 0) is 24.0 Å². The van der Waals surface area contributed by atoms with E-state index in [4.69, 9.17) is 11.6 Å². The number of hydrogen-bond donors (Lipinski definition) is 1. The molecule has 1 amide bonds. The van der Waals surface area contributed by atoms with Gasteiger partial charge in [-0.2, -0.15) is 40.2 Å². The molecule has 42 heavy (non-hydrogen) atoms. The number of halogens is 9. The summed E-state index contributed by atoms with van der Waals surface area (Å²) in [7, 11) is 0. The molecule has 0 bridgehead atoms. The molecule has 0 aliphatic heterocycles. The second kappa shape index (κ2) is 13.8.